The minimum Gasteiger partial charge on any atom is -0.340 e. The standard InChI is InChI=1S/C17H26FN3O2.C2H6/c1-3-5-6-13-19-17(15(23)21(13)4-2)9-11-20(12-10-17)14(22)16(18)7-8-16;1-2/h3-12H2,1-2H3;1-2H3. The molecule has 0 unspecified atom stereocenters. The van der Waals surface area contributed by atoms with E-state index in [0.717, 1.165) is 25.1 Å². The number of nitrogens with zero attached hydrogens (tertiary/aromatic N) is 3. The van der Waals surface area contributed by atoms with Crippen molar-refractivity contribution >= 4 is 17.6 Å². The Labute approximate surface area is 150 Å². The molecule has 2 aliphatic heterocycles. The predicted octanol–water partition coefficient (Wildman–Crippen LogP) is 3.33. The second-order valence-corrected chi connectivity index (χ2v) is 6.97. The van der Waals surface area contributed by atoms with Crippen LogP contribution >= 0.6 is 0 Å². The Morgan fingerprint density at radius 2 is 1.76 bits per heavy atom. The maximum absolute atomic E-state index is 13.9. The van der Waals surface area contributed by atoms with Crippen molar-refractivity contribution in [3.05, 3.63) is 0 Å². The number of carbonyl (C=O) groups is 2. The molecule has 1 aliphatic carbocycles. The zero-order chi connectivity index (χ0) is 18.7. The molecule has 0 aromatic carbocycles. The largest absolute Gasteiger partial charge is 0.340 e. The summed E-state index contributed by atoms with van der Waals surface area (Å²) in [5.41, 5.74) is -2.32. The molecule has 0 N–H and O–H groups in total. The number of hydrogen-bond acceptors (Lipinski definition) is 3. The van der Waals surface area contributed by atoms with E-state index in [2.05, 4.69) is 6.92 Å². The highest BCUT2D eigenvalue weighted by Gasteiger charge is 2.55. The van der Waals surface area contributed by atoms with E-state index in [1.165, 1.54) is 0 Å². The van der Waals surface area contributed by atoms with Gasteiger partial charge in [0, 0.05) is 26.1 Å². The van der Waals surface area contributed by atoms with Gasteiger partial charge in [-0.05, 0) is 39.0 Å². The Morgan fingerprint density at radius 1 is 1.16 bits per heavy atom. The second-order valence-electron chi connectivity index (χ2n) is 6.97. The summed E-state index contributed by atoms with van der Waals surface area (Å²) in [4.78, 5) is 33.1. The molecule has 3 rings (SSSR count). The molecule has 0 radical (unpaired) electrons. The highest BCUT2D eigenvalue weighted by molar-refractivity contribution is 6.08. The smallest absolute Gasteiger partial charge is 0.260 e. The van der Waals surface area contributed by atoms with Gasteiger partial charge < -0.3 is 4.90 Å². The van der Waals surface area contributed by atoms with Crippen molar-refractivity contribution in [1.29, 1.82) is 0 Å². The number of likely N-dealkylation sites (tertiary alicyclic amines) is 1. The molecule has 0 atom stereocenters. The lowest BCUT2D eigenvalue weighted by Gasteiger charge is -2.36. The van der Waals surface area contributed by atoms with Crippen LogP contribution in [-0.2, 0) is 9.59 Å². The number of aliphatic imine (C=N–C) groups is 1. The molecule has 3 aliphatic rings. The number of piperidine rings is 1. The maximum atomic E-state index is 13.9. The van der Waals surface area contributed by atoms with Crippen LogP contribution in [0.4, 0.5) is 4.39 Å². The fourth-order valence-electron chi connectivity index (χ4n) is 3.59. The summed E-state index contributed by atoms with van der Waals surface area (Å²) in [7, 11) is 0. The molecule has 1 saturated heterocycles. The van der Waals surface area contributed by atoms with Gasteiger partial charge in [-0.3, -0.25) is 19.5 Å². The first-order valence-corrected chi connectivity index (χ1v) is 9.85. The van der Waals surface area contributed by atoms with Crippen LogP contribution in [0.15, 0.2) is 4.99 Å². The molecule has 0 aromatic heterocycles. The quantitative estimate of drug-likeness (QED) is 0.761. The van der Waals surface area contributed by atoms with Crippen LogP contribution in [0.2, 0.25) is 0 Å². The van der Waals surface area contributed by atoms with Crippen molar-refractivity contribution in [2.75, 3.05) is 19.6 Å². The number of rotatable bonds is 5. The number of likely N-dealkylation sites (N-methyl/N-ethyl adjacent to an activating group) is 1. The number of carbonyl (C=O) groups excluding carboxylic acids is 2. The number of alkyl halides is 1. The molecule has 25 heavy (non-hydrogen) atoms. The van der Waals surface area contributed by atoms with Crippen molar-refractivity contribution in [2.45, 2.75) is 83.8 Å². The lowest BCUT2D eigenvalue weighted by Crippen LogP contribution is -2.52. The van der Waals surface area contributed by atoms with Crippen LogP contribution in [-0.4, -0.2) is 58.3 Å². The summed E-state index contributed by atoms with van der Waals surface area (Å²) >= 11 is 0. The first-order chi connectivity index (χ1) is 12.0. The van der Waals surface area contributed by atoms with Crippen LogP contribution in [0.3, 0.4) is 0 Å². The van der Waals surface area contributed by atoms with Gasteiger partial charge in [-0.25, -0.2) is 4.39 Å². The molecule has 1 saturated carbocycles. The van der Waals surface area contributed by atoms with Crippen molar-refractivity contribution in [3.63, 3.8) is 0 Å². The molecule has 0 aromatic rings. The topological polar surface area (TPSA) is 53.0 Å². The number of unbranched alkanes of at least 4 members (excludes halogenated alkanes) is 1. The van der Waals surface area contributed by atoms with Gasteiger partial charge in [0.2, 0.25) is 0 Å². The third kappa shape index (κ3) is 3.72. The molecular weight excluding hydrogens is 321 g/mol. The Bertz CT molecular complexity index is 535. The van der Waals surface area contributed by atoms with E-state index in [4.69, 9.17) is 4.99 Å². The number of amidine groups is 1. The van der Waals surface area contributed by atoms with Crippen molar-refractivity contribution in [3.8, 4) is 0 Å². The summed E-state index contributed by atoms with van der Waals surface area (Å²) in [6.07, 6.45) is 4.63. The van der Waals surface area contributed by atoms with Gasteiger partial charge in [-0.2, -0.15) is 0 Å². The Morgan fingerprint density at radius 3 is 2.24 bits per heavy atom. The van der Waals surface area contributed by atoms with Crippen molar-refractivity contribution in [1.82, 2.24) is 9.80 Å². The minimum atomic E-state index is -1.62. The lowest BCUT2D eigenvalue weighted by atomic mass is 9.87. The summed E-state index contributed by atoms with van der Waals surface area (Å²) in [5.74, 6) is 0.572. The van der Waals surface area contributed by atoms with Crippen LogP contribution in [0.1, 0.15) is 72.6 Å². The fourth-order valence-corrected chi connectivity index (χ4v) is 3.59. The summed E-state index contributed by atoms with van der Waals surface area (Å²) in [6, 6.07) is 0. The van der Waals surface area contributed by atoms with E-state index >= 15 is 0 Å². The monoisotopic (exact) mass is 353 g/mol. The van der Waals surface area contributed by atoms with Gasteiger partial charge in [0.1, 0.15) is 11.4 Å². The van der Waals surface area contributed by atoms with Gasteiger partial charge in [0.25, 0.3) is 11.8 Å². The summed E-state index contributed by atoms with van der Waals surface area (Å²) in [5, 5.41) is 0. The van der Waals surface area contributed by atoms with E-state index in [0.29, 0.717) is 45.3 Å². The van der Waals surface area contributed by atoms with Crippen molar-refractivity contribution < 1.29 is 14.0 Å². The van der Waals surface area contributed by atoms with Crippen LogP contribution in [0, 0.1) is 0 Å². The van der Waals surface area contributed by atoms with E-state index in [9.17, 15) is 14.0 Å². The first-order valence-electron chi connectivity index (χ1n) is 9.85. The van der Waals surface area contributed by atoms with Gasteiger partial charge in [-0.15, -0.1) is 0 Å². The molecule has 6 heteroatoms. The molecular formula is C19H32FN3O2. The predicted molar refractivity (Wildman–Crippen MR) is 97.3 cm³/mol. The van der Waals surface area contributed by atoms with Gasteiger partial charge in [0.15, 0.2) is 5.67 Å². The average Bonchev–Trinajstić information content (AvgIpc) is 3.34. The van der Waals surface area contributed by atoms with E-state index < -0.39 is 11.2 Å². The number of halogens is 1. The maximum Gasteiger partial charge on any atom is 0.260 e. The molecule has 142 valence electrons. The number of amides is 2. The highest BCUT2D eigenvalue weighted by atomic mass is 19.1. The molecule has 2 amide bonds. The fraction of sp³-hybridized carbons (Fsp3) is 0.842. The van der Waals surface area contributed by atoms with Crippen LogP contribution in [0.5, 0.6) is 0 Å². The Hall–Kier alpha value is -1.46. The SMILES string of the molecule is CC.CCCCC1=NC2(CCN(C(=O)C3(F)CC3)CC2)C(=O)N1CC. The molecule has 1 spiro atoms. The van der Waals surface area contributed by atoms with Gasteiger partial charge >= 0.3 is 0 Å². The van der Waals surface area contributed by atoms with E-state index in [1.54, 1.807) is 9.80 Å². The lowest BCUT2D eigenvalue weighted by molar-refractivity contribution is -0.142. The van der Waals surface area contributed by atoms with E-state index in [1.807, 2.05) is 20.8 Å². The third-order valence-corrected chi connectivity index (χ3v) is 5.32. The average molecular weight is 353 g/mol. The van der Waals surface area contributed by atoms with Crippen LogP contribution in [0.25, 0.3) is 0 Å². The molecule has 5 nitrogen and oxygen atoms in total. The second kappa shape index (κ2) is 7.83. The van der Waals surface area contributed by atoms with Gasteiger partial charge in [-0.1, -0.05) is 27.2 Å². The third-order valence-electron chi connectivity index (χ3n) is 5.32. The molecule has 2 heterocycles. The molecule has 2 fully saturated rings. The summed E-state index contributed by atoms with van der Waals surface area (Å²) in [6.45, 7) is 9.59. The Balaban J connectivity index is 0.00000109. The normalized spacial score (nSPS) is 23.2. The van der Waals surface area contributed by atoms with Crippen molar-refractivity contribution in [2.24, 2.45) is 4.99 Å². The first kappa shape index (κ1) is 19.9. The zero-order valence-corrected chi connectivity index (χ0v) is 16.1. The number of hydrogen-bond donors (Lipinski definition) is 0. The van der Waals surface area contributed by atoms with Crippen LogP contribution < -0.4 is 0 Å². The van der Waals surface area contributed by atoms with E-state index in [-0.39, 0.29) is 11.8 Å². The zero-order valence-electron chi connectivity index (χ0n) is 16.1. The summed E-state index contributed by atoms with van der Waals surface area (Å²) < 4.78 is 13.9. The highest BCUT2D eigenvalue weighted by Crippen LogP contribution is 2.43. The Kier molecular flexibility index (Phi) is 6.22. The minimum absolute atomic E-state index is 0.0691. The molecule has 0 bridgehead atoms. The van der Waals surface area contributed by atoms with Gasteiger partial charge in [0.05, 0.1) is 0 Å².